The van der Waals surface area contributed by atoms with Crippen molar-refractivity contribution in [3.8, 4) is 5.75 Å². The molecule has 0 aliphatic rings. The van der Waals surface area contributed by atoms with Gasteiger partial charge in [-0.2, -0.15) is 13.2 Å². The van der Waals surface area contributed by atoms with Crippen molar-refractivity contribution >= 4 is 5.69 Å². The molecule has 0 atom stereocenters. The number of alkyl halides is 3. The first-order valence-electron chi connectivity index (χ1n) is 6.02. The molecule has 2 N–H and O–H groups in total. The van der Waals surface area contributed by atoms with E-state index in [1.165, 1.54) is 6.07 Å². The minimum atomic E-state index is -4.40. The van der Waals surface area contributed by atoms with Crippen LogP contribution >= 0.6 is 0 Å². The average Bonchev–Trinajstić information content (AvgIpc) is 2.38. The van der Waals surface area contributed by atoms with Crippen LogP contribution in [-0.4, -0.2) is 0 Å². The molecule has 0 fully saturated rings. The number of aryl methyl sites for hydroxylation is 1. The minimum Gasteiger partial charge on any atom is -0.487 e. The molecule has 0 aliphatic heterocycles. The van der Waals surface area contributed by atoms with E-state index >= 15 is 0 Å². The van der Waals surface area contributed by atoms with Gasteiger partial charge in [0.15, 0.2) is 0 Å². The fourth-order valence-corrected chi connectivity index (χ4v) is 1.78. The Balaban J connectivity index is 2.13. The Morgan fingerprint density at radius 2 is 1.80 bits per heavy atom. The standard InChI is InChI=1S/C15H14F3NO/c1-10-4-2-3-5-11(10)9-20-14-7-6-12(8-13(14)19)15(16,17)18/h2-8H,9,19H2,1H3. The highest BCUT2D eigenvalue weighted by molar-refractivity contribution is 5.54. The summed E-state index contributed by atoms with van der Waals surface area (Å²) in [7, 11) is 0. The van der Waals surface area contributed by atoms with Crippen LogP contribution in [0.5, 0.6) is 5.75 Å². The van der Waals surface area contributed by atoms with Crippen molar-refractivity contribution in [3.63, 3.8) is 0 Å². The first-order valence-corrected chi connectivity index (χ1v) is 6.02. The molecule has 0 bridgehead atoms. The Kier molecular flexibility index (Phi) is 3.88. The van der Waals surface area contributed by atoms with Crippen molar-refractivity contribution in [1.82, 2.24) is 0 Å². The smallest absolute Gasteiger partial charge is 0.416 e. The number of benzene rings is 2. The highest BCUT2D eigenvalue weighted by Gasteiger charge is 2.30. The largest absolute Gasteiger partial charge is 0.487 e. The van der Waals surface area contributed by atoms with Crippen LogP contribution in [0.1, 0.15) is 16.7 Å². The second-order valence-electron chi connectivity index (χ2n) is 4.47. The van der Waals surface area contributed by atoms with Gasteiger partial charge < -0.3 is 10.5 Å². The highest BCUT2D eigenvalue weighted by Crippen LogP contribution is 2.33. The van der Waals surface area contributed by atoms with Gasteiger partial charge in [-0.1, -0.05) is 24.3 Å². The third-order valence-corrected chi connectivity index (χ3v) is 2.98. The Morgan fingerprint density at radius 3 is 2.40 bits per heavy atom. The maximum absolute atomic E-state index is 12.5. The lowest BCUT2D eigenvalue weighted by Crippen LogP contribution is -2.07. The second kappa shape index (κ2) is 5.45. The first kappa shape index (κ1) is 14.2. The summed E-state index contributed by atoms with van der Waals surface area (Å²) in [6, 6.07) is 10.7. The van der Waals surface area contributed by atoms with E-state index < -0.39 is 11.7 Å². The predicted molar refractivity (Wildman–Crippen MR) is 71.4 cm³/mol. The van der Waals surface area contributed by atoms with E-state index in [4.69, 9.17) is 10.5 Å². The van der Waals surface area contributed by atoms with Crippen molar-refractivity contribution in [2.75, 3.05) is 5.73 Å². The molecule has 0 amide bonds. The van der Waals surface area contributed by atoms with Crippen molar-refractivity contribution < 1.29 is 17.9 Å². The molecule has 2 aromatic rings. The molecule has 20 heavy (non-hydrogen) atoms. The number of nitrogens with two attached hydrogens (primary N) is 1. The van der Waals surface area contributed by atoms with Gasteiger partial charge in [-0.3, -0.25) is 0 Å². The summed E-state index contributed by atoms with van der Waals surface area (Å²) < 4.78 is 43.0. The molecule has 0 saturated carbocycles. The minimum absolute atomic E-state index is 0.0200. The number of halogens is 3. The molecule has 0 saturated heterocycles. The zero-order valence-electron chi connectivity index (χ0n) is 10.9. The van der Waals surface area contributed by atoms with E-state index in [0.29, 0.717) is 0 Å². The number of hydrogen-bond donors (Lipinski definition) is 1. The summed E-state index contributed by atoms with van der Waals surface area (Å²) in [6.07, 6.45) is -4.40. The molecule has 2 rings (SSSR count). The Morgan fingerprint density at radius 1 is 1.10 bits per heavy atom. The molecule has 0 radical (unpaired) electrons. The molecule has 0 unspecified atom stereocenters. The predicted octanol–water partition coefficient (Wildman–Crippen LogP) is 4.18. The van der Waals surface area contributed by atoms with E-state index in [9.17, 15) is 13.2 Å². The summed E-state index contributed by atoms with van der Waals surface area (Å²) in [4.78, 5) is 0. The quantitative estimate of drug-likeness (QED) is 0.857. The number of nitrogen functional groups attached to an aromatic ring is 1. The van der Waals surface area contributed by atoms with Gasteiger partial charge in [0.1, 0.15) is 12.4 Å². The molecular weight excluding hydrogens is 267 g/mol. The molecule has 0 heterocycles. The normalized spacial score (nSPS) is 11.4. The van der Waals surface area contributed by atoms with Gasteiger partial charge in [0.2, 0.25) is 0 Å². The van der Waals surface area contributed by atoms with Crippen LogP contribution in [0.25, 0.3) is 0 Å². The third kappa shape index (κ3) is 3.23. The lowest BCUT2D eigenvalue weighted by atomic mass is 10.1. The molecule has 5 heteroatoms. The molecule has 106 valence electrons. The van der Waals surface area contributed by atoms with Crippen molar-refractivity contribution in [2.45, 2.75) is 19.7 Å². The van der Waals surface area contributed by atoms with E-state index in [0.717, 1.165) is 23.3 Å². The number of rotatable bonds is 3. The fourth-order valence-electron chi connectivity index (χ4n) is 1.78. The van der Waals surface area contributed by atoms with Crippen LogP contribution in [0.15, 0.2) is 42.5 Å². The van der Waals surface area contributed by atoms with Crippen molar-refractivity contribution in [3.05, 3.63) is 59.2 Å². The van der Waals surface area contributed by atoms with Crippen molar-refractivity contribution in [2.24, 2.45) is 0 Å². The number of anilines is 1. The summed E-state index contributed by atoms with van der Waals surface area (Å²) >= 11 is 0. The number of hydrogen-bond acceptors (Lipinski definition) is 2. The topological polar surface area (TPSA) is 35.2 Å². The lowest BCUT2D eigenvalue weighted by molar-refractivity contribution is -0.137. The van der Waals surface area contributed by atoms with Crippen LogP contribution < -0.4 is 10.5 Å². The molecule has 0 aromatic heterocycles. The molecule has 2 aromatic carbocycles. The molecular formula is C15H14F3NO. The van der Waals surface area contributed by atoms with Crippen LogP contribution in [0.2, 0.25) is 0 Å². The van der Waals surface area contributed by atoms with Crippen LogP contribution in [0, 0.1) is 6.92 Å². The van der Waals surface area contributed by atoms with Gasteiger partial charge in [0.05, 0.1) is 11.3 Å². The highest BCUT2D eigenvalue weighted by atomic mass is 19.4. The van der Waals surface area contributed by atoms with Crippen LogP contribution in [-0.2, 0) is 12.8 Å². The molecule has 2 nitrogen and oxygen atoms in total. The summed E-state index contributed by atoms with van der Waals surface area (Å²) in [5, 5.41) is 0. The van der Waals surface area contributed by atoms with Gasteiger partial charge in [0.25, 0.3) is 0 Å². The maximum Gasteiger partial charge on any atom is 0.416 e. The summed E-state index contributed by atoms with van der Waals surface area (Å²) in [5.41, 5.74) is 6.81. The number of ether oxygens (including phenoxy) is 1. The van der Waals surface area contributed by atoms with Crippen LogP contribution in [0.3, 0.4) is 0 Å². The Hall–Kier alpha value is -2.17. The Labute approximate surface area is 115 Å². The summed E-state index contributed by atoms with van der Waals surface area (Å²) in [5.74, 6) is 0.251. The van der Waals surface area contributed by atoms with Crippen LogP contribution in [0.4, 0.5) is 18.9 Å². The van der Waals surface area contributed by atoms with Gasteiger partial charge in [-0.25, -0.2) is 0 Å². The fraction of sp³-hybridized carbons (Fsp3) is 0.200. The van der Waals surface area contributed by atoms with Gasteiger partial charge in [0, 0.05) is 0 Å². The first-order chi connectivity index (χ1) is 9.38. The van der Waals surface area contributed by atoms with E-state index in [1.54, 1.807) is 0 Å². The SMILES string of the molecule is Cc1ccccc1COc1ccc(C(F)(F)F)cc1N. The monoisotopic (exact) mass is 281 g/mol. The third-order valence-electron chi connectivity index (χ3n) is 2.98. The second-order valence-corrected chi connectivity index (χ2v) is 4.47. The lowest BCUT2D eigenvalue weighted by Gasteiger charge is -2.13. The van der Waals surface area contributed by atoms with Gasteiger partial charge in [-0.15, -0.1) is 0 Å². The Bertz CT molecular complexity index is 608. The van der Waals surface area contributed by atoms with Gasteiger partial charge >= 0.3 is 6.18 Å². The van der Waals surface area contributed by atoms with Gasteiger partial charge in [-0.05, 0) is 36.2 Å². The average molecular weight is 281 g/mol. The zero-order chi connectivity index (χ0) is 14.8. The van der Waals surface area contributed by atoms with E-state index in [1.807, 2.05) is 31.2 Å². The van der Waals surface area contributed by atoms with E-state index in [2.05, 4.69) is 0 Å². The van der Waals surface area contributed by atoms with E-state index in [-0.39, 0.29) is 18.0 Å². The van der Waals surface area contributed by atoms with Crippen molar-refractivity contribution in [1.29, 1.82) is 0 Å². The zero-order valence-corrected chi connectivity index (χ0v) is 10.9. The maximum atomic E-state index is 12.5. The molecule has 0 spiro atoms. The molecule has 0 aliphatic carbocycles. The summed E-state index contributed by atoms with van der Waals surface area (Å²) in [6.45, 7) is 2.21.